The minimum atomic E-state index is 0. The highest BCUT2D eigenvalue weighted by molar-refractivity contribution is 6.34. The summed E-state index contributed by atoms with van der Waals surface area (Å²) < 4.78 is 0. The zero-order valence-corrected chi connectivity index (χ0v) is 8.54. The van der Waals surface area contributed by atoms with Crippen LogP contribution in [0.3, 0.4) is 0 Å². The fourth-order valence-corrected chi connectivity index (χ4v) is 0.957. The van der Waals surface area contributed by atoms with E-state index in [1.807, 2.05) is 30.3 Å². The van der Waals surface area contributed by atoms with Gasteiger partial charge < -0.3 is 0 Å². The van der Waals surface area contributed by atoms with E-state index in [0.717, 1.165) is 10.8 Å². The highest BCUT2D eigenvalue weighted by atomic mass is 35.5. The summed E-state index contributed by atoms with van der Waals surface area (Å²) in [4.78, 5) is 0. The second-order valence-corrected chi connectivity index (χ2v) is 2.33. The van der Waals surface area contributed by atoms with Crippen LogP contribution in [0.4, 0.5) is 0 Å². The first-order valence-corrected chi connectivity index (χ1v) is 3.27. The largest absolute Gasteiger partial charge is 0.147 e. The van der Waals surface area contributed by atoms with E-state index >= 15 is 0 Å². The van der Waals surface area contributed by atoms with E-state index < -0.39 is 0 Å². The highest BCUT2D eigenvalue weighted by Gasteiger charge is 1.86. The number of halogens is 2. The molecule has 0 aliphatic carbocycles. The van der Waals surface area contributed by atoms with Crippen LogP contribution in [0.25, 0.3) is 6.08 Å². The van der Waals surface area contributed by atoms with Crippen molar-refractivity contribution in [3.8, 4) is 0 Å². The topological polar surface area (TPSA) is 0 Å². The molecule has 0 saturated carbocycles. The molecule has 0 fully saturated rings. The van der Waals surface area contributed by atoms with E-state index in [2.05, 4.69) is 16.8 Å². The van der Waals surface area contributed by atoms with Crippen LogP contribution in [0.5, 0.6) is 0 Å². The summed E-state index contributed by atoms with van der Waals surface area (Å²) in [6.07, 6.45) is 1.82. The fraction of sp³-hybridized carbons (Fsp3) is 0. The van der Waals surface area contributed by atoms with E-state index in [1.165, 1.54) is 0 Å². The molecule has 0 spiro atoms. The molecule has 1 aromatic carbocycles. The van der Waals surface area contributed by atoms with Crippen molar-refractivity contribution in [1.29, 1.82) is 0 Å². The van der Waals surface area contributed by atoms with Gasteiger partial charge in [-0.05, 0) is 5.56 Å². The Hall–Kier alpha value is -0.243. The second kappa shape index (κ2) is 6.47. The Morgan fingerprint density at radius 1 is 1.18 bits per heavy atom. The van der Waals surface area contributed by atoms with Crippen LogP contribution >= 0.6 is 24.8 Å². The maximum Gasteiger partial charge on any atom is 0.0720 e. The molecule has 0 saturated heterocycles. The zero-order valence-electron chi connectivity index (χ0n) is 5.91. The predicted molar refractivity (Wildman–Crippen MR) is 56.4 cm³/mol. The van der Waals surface area contributed by atoms with Gasteiger partial charge in [0, 0.05) is 0 Å². The SMILES string of the molecule is C=Cc1ccccc1[Si].Cl.Cl. The van der Waals surface area contributed by atoms with Crippen molar-refractivity contribution >= 4 is 46.3 Å². The van der Waals surface area contributed by atoms with Crippen LogP contribution in [0.15, 0.2) is 30.8 Å². The van der Waals surface area contributed by atoms with Crippen molar-refractivity contribution < 1.29 is 0 Å². The molecule has 0 aliphatic rings. The Balaban J connectivity index is 0. The van der Waals surface area contributed by atoms with Gasteiger partial charge in [0.05, 0.1) is 10.2 Å². The summed E-state index contributed by atoms with van der Waals surface area (Å²) in [5.74, 6) is 0. The average Bonchev–Trinajstić information content (AvgIpc) is 1.89. The normalized spacial score (nSPS) is 7.36. The van der Waals surface area contributed by atoms with E-state index in [4.69, 9.17) is 0 Å². The van der Waals surface area contributed by atoms with Crippen LogP contribution in [0.2, 0.25) is 0 Å². The number of hydrogen-bond acceptors (Lipinski definition) is 0. The molecule has 0 N–H and O–H groups in total. The smallest absolute Gasteiger partial charge is 0.0720 e. The van der Waals surface area contributed by atoms with Gasteiger partial charge in [0.2, 0.25) is 0 Å². The highest BCUT2D eigenvalue weighted by Crippen LogP contribution is 1.94. The average molecular weight is 204 g/mol. The maximum atomic E-state index is 3.66. The molecule has 0 nitrogen and oxygen atoms in total. The molecule has 3 radical (unpaired) electrons. The molecule has 0 aromatic heterocycles. The molecule has 0 amide bonds. The quantitative estimate of drug-likeness (QED) is 0.613. The van der Waals surface area contributed by atoms with Gasteiger partial charge in [0.1, 0.15) is 0 Å². The monoisotopic (exact) mass is 203 g/mol. The van der Waals surface area contributed by atoms with Crippen LogP contribution < -0.4 is 5.19 Å². The fourth-order valence-electron chi connectivity index (χ4n) is 0.675. The molecule has 0 unspecified atom stereocenters. The lowest BCUT2D eigenvalue weighted by Gasteiger charge is -1.95. The first-order chi connectivity index (χ1) is 4.34. The van der Waals surface area contributed by atoms with Crippen molar-refractivity contribution in [1.82, 2.24) is 0 Å². The molecule has 0 bridgehead atoms. The van der Waals surface area contributed by atoms with Crippen LogP contribution in [-0.2, 0) is 0 Å². The molecule has 1 aromatic rings. The lowest BCUT2D eigenvalue weighted by Crippen LogP contribution is -2.04. The van der Waals surface area contributed by atoms with Gasteiger partial charge in [-0.2, -0.15) is 0 Å². The van der Waals surface area contributed by atoms with Crippen molar-refractivity contribution in [3.63, 3.8) is 0 Å². The Kier molecular flexibility index (Phi) is 7.85. The lowest BCUT2D eigenvalue weighted by molar-refractivity contribution is 1.72. The minimum absolute atomic E-state index is 0. The number of hydrogen-bond donors (Lipinski definition) is 0. The molecular formula is C8H9Cl2Si. The summed E-state index contributed by atoms with van der Waals surface area (Å²) in [6.45, 7) is 3.66. The van der Waals surface area contributed by atoms with E-state index in [0.29, 0.717) is 0 Å². The minimum Gasteiger partial charge on any atom is -0.147 e. The van der Waals surface area contributed by atoms with Gasteiger partial charge in [0.25, 0.3) is 0 Å². The van der Waals surface area contributed by atoms with Crippen LogP contribution in [0.1, 0.15) is 5.56 Å². The first-order valence-electron chi connectivity index (χ1n) is 2.77. The molecule has 0 atom stereocenters. The Morgan fingerprint density at radius 2 is 1.73 bits per heavy atom. The Morgan fingerprint density at radius 3 is 2.09 bits per heavy atom. The van der Waals surface area contributed by atoms with Gasteiger partial charge >= 0.3 is 0 Å². The van der Waals surface area contributed by atoms with Gasteiger partial charge in [-0.15, -0.1) is 24.8 Å². The summed E-state index contributed by atoms with van der Waals surface area (Å²) in [5, 5.41) is 1.09. The zero-order chi connectivity index (χ0) is 6.69. The number of benzene rings is 1. The van der Waals surface area contributed by atoms with Crippen molar-refractivity contribution in [2.45, 2.75) is 0 Å². The lowest BCUT2D eigenvalue weighted by atomic mass is 10.2. The first kappa shape index (κ1) is 13.4. The molecule has 59 valence electrons. The Bertz CT molecular complexity index is 223. The molecular weight excluding hydrogens is 195 g/mol. The van der Waals surface area contributed by atoms with Crippen LogP contribution in [-0.4, -0.2) is 10.2 Å². The third-order valence-corrected chi connectivity index (χ3v) is 1.64. The maximum absolute atomic E-state index is 3.66. The third-order valence-electron chi connectivity index (χ3n) is 1.18. The second-order valence-electron chi connectivity index (χ2n) is 1.79. The molecule has 0 heterocycles. The van der Waals surface area contributed by atoms with Gasteiger partial charge in [-0.25, -0.2) is 0 Å². The summed E-state index contributed by atoms with van der Waals surface area (Å²) >= 11 is 0. The van der Waals surface area contributed by atoms with Crippen molar-refractivity contribution in [3.05, 3.63) is 36.4 Å². The van der Waals surface area contributed by atoms with Crippen molar-refractivity contribution in [2.75, 3.05) is 0 Å². The van der Waals surface area contributed by atoms with Gasteiger partial charge in [0.15, 0.2) is 0 Å². The summed E-state index contributed by atoms with van der Waals surface area (Å²) in [5.41, 5.74) is 1.13. The van der Waals surface area contributed by atoms with Crippen LogP contribution in [0, 0.1) is 0 Å². The predicted octanol–water partition coefficient (Wildman–Crippen LogP) is 1.97. The third kappa shape index (κ3) is 3.61. The van der Waals surface area contributed by atoms with E-state index in [-0.39, 0.29) is 24.8 Å². The van der Waals surface area contributed by atoms with Gasteiger partial charge in [-0.1, -0.05) is 42.1 Å². The summed E-state index contributed by atoms with van der Waals surface area (Å²) in [7, 11) is 3.43. The molecule has 11 heavy (non-hydrogen) atoms. The summed E-state index contributed by atoms with van der Waals surface area (Å²) in [6, 6.07) is 7.97. The van der Waals surface area contributed by atoms with E-state index in [1.54, 1.807) is 0 Å². The standard InChI is InChI=1S/C8H7Si.2ClH/c1-2-7-5-3-4-6-8(7)9;;/h2-6H,1H2;2*1H. The molecule has 0 aliphatic heterocycles. The molecule has 1 rings (SSSR count). The Labute approximate surface area is 82.9 Å². The number of rotatable bonds is 1. The van der Waals surface area contributed by atoms with Gasteiger partial charge in [-0.3, -0.25) is 0 Å². The van der Waals surface area contributed by atoms with Crippen molar-refractivity contribution in [2.24, 2.45) is 0 Å². The van der Waals surface area contributed by atoms with E-state index in [9.17, 15) is 0 Å². The molecule has 3 heteroatoms.